The number of rotatable bonds is 4. The molecule has 0 bridgehead atoms. The number of hydrogen-bond donors (Lipinski definition) is 1. The van der Waals surface area contributed by atoms with Crippen LogP contribution in [0.15, 0.2) is 18.2 Å². The molecule has 1 aromatic rings. The van der Waals surface area contributed by atoms with E-state index in [4.69, 9.17) is 9.47 Å². The fourth-order valence-corrected chi connectivity index (χ4v) is 2.78. The lowest BCUT2D eigenvalue weighted by Crippen LogP contribution is -2.32. The first-order chi connectivity index (χ1) is 10.7. The molecule has 2 aliphatic heterocycles. The van der Waals surface area contributed by atoms with Crippen LogP contribution < -0.4 is 14.8 Å². The minimum atomic E-state index is -0.246. The van der Waals surface area contributed by atoms with Crippen LogP contribution in [0.3, 0.4) is 0 Å². The van der Waals surface area contributed by atoms with Crippen molar-refractivity contribution in [1.82, 2.24) is 10.2 Å². The van der Waals surface area contributed by atoms with Gasteiger partial charge in [0.15, 0.2) is 11.5 Å². The van der Waals surface area contributed by atoms with Crippen molar-refractivity contribution in [2.75, 3.05) is 26.3 Å². The molecule has 1 unspecified atom stereocenters. The van der Waals surface area contributed by atoms with E-state index >= 15 is 0 Å². The predicted molar refractivity (Wildman–Crippen MR) is 79.6 cm³/mol. The second-order valence-corrected chi connectivity index (χ2v) is 5.53. The van der Waals surface area contributed by atoms with Crippen LogP contribution in [0, 0.1) is 5.92 Å². The van der Waals surface area contributed by atoms with Crippen LogP contribution in [-0.2, 0) is 16.1 Å². The summed E-state index contributed by atoms with van der Waals surface area (Å²) in [5.41, 5.74) is 0.953. The highest BCUT2D eigenvalue weighted by molar-refractivity contribution is 5.89. The SMILES string of the molecule is CCN1CC(C(=O)NCc2ccc3c(c2)OCCO3)CC1=O. The average Bonchev–Trinajstić information content (AvgIpc) is 2.93. The van der Waals surface area contributed by atoms with Crippen molar-refractivity contribution in [1.29, 1.82) is 0 Å². The van der Waals surface area contributed by atoms with E-state index in [-0.39, 0.29) is 17.7 Å². The minimum absolute atomic E-state index is 0.0574. The molecule has 0 saturated carbocycles. The van der Waals surface area contributed by atoms with Crippen LogP contribution in [0.4, 0.5) is 0 Å². The molecule has 2 heterocycles. The third-order valence-electron chi connectivity index (χ3n) is 4.04. The van der Waals surface area contributed by atoms with Crippen molar-refractivity contribution < 1.29 is 19.1 Å². The molecule has 1 N–H and O–H groups in total. The molecule has 6 nitrogen and oxygen atoms in total. The molecule has 2 amide bonds. The number of hydrogen-bond acceptors (Lipinski definition) is 4. The normalized spacial score (nSPS) is 20.1. The van der Waals surface area contributed by atoms with Gasteiger partial charge in [-0.25, -0.2) is 0 Å². The Hall–Kier alpha value is -2.24. The summed E-state index contributed by atoms with van der Waals surface area (Å²) >= 11 is 0. The summed E-state index contributed by atoms with van der Waals surface area (Å²) in [6.45, 7) is 4.62. The number of nitrogens with one attached hydrogen (secondary N) is 1. The lowest BCUT2D eigenvalue weighted by atomic mass is 10.1. The van der Waals surface area contributed by atoms with Crippen LogP contribution in [0.5, 0.6) is 11.5 Å². The van der Waals surface area contributed by atoms with Gasteiger partial charge in [0.1, 0.15) is 13.2 Å². The van der Waals surface area contributed by atoms with E-state index in [1.165, 1.54) is 0 Å². The number of carbonyl (C=O) groups excluding carboxylic acids is 2. The Balaban J connectivity index is 1.56. The van der Waals surface area contributed by atoms with E-state index in [0.717, 1.165) is 11.3 Å². The molecule has 1 atom stereocenters. The van der Waals surface area contributed by atoms with Gasteiger partial charge in [-0.2, -0.15) is 0 Å². The number of likely N-dealkylation sites (tertiary alicyclic amines) is 1. The Morgan fingerprint density at radius 3 is 2.82 bits per heavy atom. The third kappa shape index (κ3) is 3.00. The van der Waals surface area contributed by atoms with Gasteiger partial charge in [-0.1, -0.05) is 6.07 Å². The van der Waals surface area contributed by atoms with Crippen molar-refractivity contribution in [3.63, 3.8) is 0 Å². The summed E-state index contributed by atoms with van der Waals surface area (Å²) in [6.07, 6.45) is 0.306. The number of fused-ring (bicyclic) bond motifs is 1. The molecule has 0 aromatic heterocycles. The van der Waals surface area contributed by atoms with Crippen LogP contribution >= 0.6 is 0 Å². The molecule has 1 fully saturated rings. The largest absolute Gasteiger partial charge is 0.486 e. The first kappa shape index (κ1) is 14.7. The molecule has 6 heteroatoms. The van der Waals surface area contributed by atoms with E-state index in [9.17, 15) is 9.59 Å². The van der Waals surface area contributed by atoms with E-state index in [2.05, 4.69) is 5.32 Å². The molecule has 0 spiro atoms. The van der Waals surface area contributed by atoms with Gasteiger partial charge in [0.25, 0.3) is 0 Å². The summed E-state index contributed by atoms with van der Waals surface area (Å²) in [6, 6.07) is 5.65. The maximum Gasteiger partial charge on any atom is 0.225 e. The Morgan fingerprint density at radius 1 is 1.32 bits per heavy atom. The fraction of sp³-hybridized carbons (Fsp3) is 0.500. The molecule has 0 aliphatic carbocycles. The first-order valence-corrected chi connectivity index (χ1v) is 7.61. The summed E-state index contributed by atoms with van der Waals surface area (Å²) in [5.74, 6) is 1.19. The maximum atomic E-state index is 12.2. The van der Waals surface area contributed by atoms with E-state index in [1.54, 1.807) is 4.90 Å². The molecular formula is C16H20N2O4. The molecule has 3 rings (SSSR count). The Morgan fingerprint density at radius 2 is 2.09 bits per heavy atom. The zero-order valence-corrected chi connectivity index (χ0v) is 12.6. The summed E-state index contributed by atoms with van der Waals surface area (Å²) < 4.78 is 11.0. The summed E-state index contributed by atoms with van der Waals surface area (Å²) in [7, 11) is 0. The smallest absolute Gasteiger partial charge is 0.225 e. The third-order valence-corrected chi connectivity index (χ3v) is 4.04. The molecule has 1 aromatic carbocycles. The predicted octanol–water partition coefficient (Wildman–Crippen LogP) is 0.942. The second-order valence-electron chi connectivity index (χ2n) is 5.53. The molecular weight excluding hydrogens is 284 g/mol. The van der Waals surface area contributed by atoms with Crippen LogP contribution in [-0.4, -0.2) is 43.0 Å². The lowest BCUT2D eigenvalue weighted by Gasteiger charge is -2.19. The number of benzene rings is 1. The average molecular weight is 304 g/mol. The molecule has 0 radical (unpaired) electrons. The number of carbonyl (C=O) groups is 2. The van der Waals surface area contributed by atoms with E-state index in [1.807, 2.05) is 25.1 Å². The highest BCUT2D eigenvalue weighted by atomic mass is 16.6. The van der Waals surface area contributed by atoms with Gasteiger partial charge in [0, 0.05) is 26.1 Å². The fourth-order valence-electron chi connectivity index (χ4n) is 2.78. The van der Waals surface area contributed by atoms with Crippen LogP contribution in [0.2, 0.25) is 0 Å². The van der Waals surface area contributed by atoms with Crippen molar-refractivity contribution >= 4 is 11.8 Å². The Labute approximate surface area is 129 Å². The number of ether oxygens (including phenoxy) is 2. The zero-order chi connectivity index (χ0) is 15.5. The van der Waals surface area contributed by atoms with Gasteiger partial charge in [0.2, 0.25) is 11.8 Å². The second kappa shape index (κ2) is 6.25. The topological polar surface area (TPSA) is 67.9 Å². The van der Waals surface area contributed by atoms with Crippen LogP contribution in [0.25, 0.3) is 0 Å². The van der Waals surface area contributed by atoms with Gasteiger partial charge in [-0.3, -0.25) is 9.59 Å². The van der Waals surface area contributed by atoms with Gasteiger partial charge < -0.3 is 19.7 Å². The lowest BCUT2D eigenvalue weighted by molar-refractivity contribution is -0.128. The van der Waals surface area contributed by atoms with Gasteiger partial charge in [-0.05, 0) is 24.6 Å². The minimum Gasteiger partial charge on any atom is -0.486 e. The highest BCUT2D eigenvalue weighted by Crippen LogP contribution is 2.30. The van der Waals surface area contributed by atoms with Crippen molar-refractivity contribution in [3.05, 3.63) is 23.8 Å². The Bertz CT molecular complexity index is 588. The molecule has 2 aliphatic rings. The quantitative estimate of drug-likeness (QED) is 0.899. The molecule has 118 valence electrons. The van der Waals surface area contributed by atoms with Crippen LogP contribution in [0.1, 0.15) is 18.9 Å². The maximum absolute atomic E-state index is 12.2. The van der Waals surface area contributed by atoms with Gasteiger partial charge in [-0.15, -0.1) is 0 Å². The number of amides is 2. The zero-order valence-electron chi connectivity index (χ0n) is 12.6. The van der Waals surface area contributed by atoms with Crippen molar-refractivity contribution in [2.24, 2.45) is 5.92 Å². The summed E-state index contributed by atoms with van der Waals surface area (Å²) in [4.78, 5) is 25.6. The van der Waals surface area contributed by atoms with E-state index < -0.39 is 0 Å². The van der Waals surface area contributed by atoms with E-state index in [0.29, 0.717) is 45.0 Å². The monoisotopic (exact) mass is 304 g/mol. The standard InChI is InChI=1S/C16H20N2O4/c1-2-18-10-12(8-15(18)19)16(20)17-9-11-3-4-13-14(7-11)22-6-5-21-13/h3-4,7,12H,2,5-6,8-10H2,1H3,(H,17,20). The van der Waals surface area contributed by atoms with Gasteiger partial charge in [0.05, 0.1) is 5.92 Å². The summed E-state index contributed by atoms with van der Waals surface area (Å²) in [5, 5.41) is 2.90. The molecule has 22 heavy (non-hydrogen) atoms. The number of nitrogens with zero attached hydrogens (tertiary/aromatic N) is 1. The Kier molecular flexibility index (Phi) is 4.18. The van der Waals surface area contributed by atoms with Crippen molar-refractivity contribution in [2.45, 2.75) is 19.9 Å². The molecule has 1 saturated heterocycles. The highest BCUT2D eigenvalue weighted by Gasteiger charge is 2.33. The van der Waals surface area contributed by atoms with Gasteiger partial charge >= 0.3 is 0 Å². The van der Waals surface area contributed by atoms with Crippen molar-refractivity contribution in [3.8, 4) is 11.5 Å². The first-order valence-electron chi connectivity index (χ1n) is 7.61.